The van der Waals surface area contributed by atoms with Crippen molar-refractivity contribution < 1.29 is 9.53 Å². The van der Waals surface area contributed by atoms with E-state index in [0.29, 0.717) is 13.0 Å². The maximum atomic E-state index is 12.8. The Bertz CT molecular complexity index is 798. The second kappa shape index (κ2) is 7.66. The summed E-state index contributed by atoms with van der Waals surface area (Å²) in [7, 11) is 0. The molecule has 0 spiro atoms. The van der Waals surface area contributed by atoms with Crippen LogP contribution in [0.4, 0.5) is 0 Å². The van der Waals surface area contributed by atoms with Gasteiger partial charge in [0, 0.05) is 57.1 Å². The molecule has 1 aliphatic heterocycles. The van der Waals surface area contributed by atoms with Gasteiger partial charge in [0.1, 0.15) is 12.4 Å². The zero-order valence-corrected chi connectivity index (χ0v) is 14.7. The third kappa shape index (κ3) is 3.75. The first-order chi connectivity index (χ1) is 12.8. The van der Waals surface area contributed by atoms with Crippen LogP contribution in [0.15, 0.2) is 48.4 Å². The van der Waals surface area contributed by atoms with Crippen LogP contribution in [0, 0.1) is 0 Å². The van der Waals surface area contributed by atoms with E-state index in [1.807, 2.05) is 35.2 Å². The van der Waals surface area contributed by atoms with Crippen LogP contribution in [0.5, 0.6) is 5.75 Å². The summed E-state index contributed by atoms with van der Waals surface area (Å²) in [4.78, 5) is 25.4. The van der Waals surface area contributed by atoms with Gasteiger partial charge in [0.15, 0.2) is 0 Å². The Morgan fingerprint density at radius 2 is 1.96 bits per heavy atom. The molecule has 2 aliphatic rings. The second-order valence-corrected chi connectivity index (χ2v) is 6.56. The number of ether oxygens (including phenoxy) is 1. The van der Waals surface area contributed by atoms with E-state index in [1.165, 1.54) is 0 Å². The molecule has 1 saturated heterocycles. The van der Waals surface area contributed by atoms with Crippen molar-refractivity contribution in [2.75, 3.05) is 39.3 Å². The average molecular weight is 350 g/mol. The Morgan fingerprint density at radius 3 is 2.73 bits per heavy atom. The summed E-state index contributed by atoms with van der Waals surface area (Å²) in [5, 5.41) is 0. The lowest BCUT2D eigenvalue weighted by molar-refractivity contribution is -0.128. The molecular weight excluding hydrogens is 328 g/mol. The number of amides is 1. The van der Waals surface area contributed by atoms with Crippen LogP contribution in [-0.4, -0.2) is 65.0 Å². The first-order valence-electron chi connectivity index (χ1n) is 8.98. The molecule has 1 fully saturated rings. The number of hydrogen-bond acceptors (Lipinski definition) is 5. The highest BCUT2D eigenvalue weighted by atomic mass is 16.5. The Labute approximate surface area is 153 Å². The van der Waals surface area contributed by atoms with Crippen LogP contribution >= 0.6 is 0 Å². The summed E-state index contributed by atoms with van der Waals surface area (Å²) in [6, 6.07) is 7.70. The molecular formula is C20H22N4O2. The zero-order chi connectivity index (χ0) is 17.8. The number of pyridine rings is 2. The zero-order valence-electron chi connectivity index (χ0n) is 14.7. The molecule has 6 nitrogen and oxygen atoms in total. The molecule has 6 heteroatoms. The molecule has 1 amide bonds. The molecule has 0 saturated carbocycles. The van der Waals surface area contributed by atoms with Gasteiger partial charge in [-0.15, -0.1) is 0 Å². The topological polar surface area (TPSA) is 58.6 Å². The van der Waals surface area contributed by atoms with Crippen LogP contribution < -0.4 is 4.74 Å². The lowest BCUT2D eigenvalue weighted by Crippen LogP contribution is -2.49. The van der Waals surface area contributed by atoms with Crippen molar-refractivity contribution in [1.82, 2.24) is 19.8 Å². The fraction of sp³-hybridized carbons (Fsp3) is 0.350. The molecule has 0 aromatic carbocycles. The van der Waals surface area contributed by atoms with Crippen LogP contribution in [0.2, 0.25) is 0 Å². The van der Waals surface area contributed by atoms with E-state index in [4.69, 9.17) is 4.74 Å². The van der Waals surface area contributed by atoms with Crippen molar-refractivity contribution in [2.45, 2.75) is 6.42 Å². The summed E-state index contributed by atoms with van der Waals surface area (Å²) in [6.07, 6.45) is 7.87. The second-order valence-electron chi connectivity index (χ2n) is 6.56. The number of hydrogen-bond donors (Lipinski definition) is 0. The molecule has 26 heavy (non-hydrogen) atoms. The van der Waals surface area contributed by atoms with Gasteiger partial charge in [0.25, 0.3) is 0 Å². The summed E-state index contributed by atoms with van der Waals surface area (Å²) >= 11 is 0. The quantitative estimate of drug-likeness (QED) is 0.820. The van der Waals surface area contributed by atoms with Crippen molar-refractivity contribution in [3.8, 4) is 5.75 Å². The minimum absolute atomic E-state index is 0.147. The maximum absolute atomic E-state index is 12.8. The number of aromatic nitrogens is 2. The van der Waals surface area contributed by atoms with Gasteiger partial charge >= 0.3 is 0 Å². The number of rotatable bonds is 5. The molecule has 0 unspecified atom stereocenters. The van der Waals surface area contributed by atoms with Gasteiger partial charge in [-0.2, -0.15) is 0 Å². The van der Waals surface area contributed by atoms with Gasteiger partial charge in [-0.3, -0.25) is 19.7 Å². The molecule has 0 N–H and O–H groups in total. The molecule has 2 aromatic rings. The van der Waals surface area contributed by atoms with E-state index in [-0.39, 0.29) is 5.91 Å². The van der Waals surface area contributed by atoms with E-state index in [1.54, 1.807) is 18.6 Å². The lowest BCUT2D eigenvalue weighted by atomic mass is 10.2. The fourth-order valence-corrected chi connectivity index (χ4v) is 3.39. The number of fused-ring (bicyclic) bond motifs is 1. The molecule has 3 heterocycles. The van der Waals surface area contributed by atoms with Crippen LogP contribution in [0.3, 0.4) is 0 Å². The molecule has 2 aromatic heterocycles. The molecule has 0 bridgehead atoms. The smallest absolute Gasteiger partial charge is 0.250 e. The summed E-state index contributed by atoms with van der Waals surface area (Å²) in [5.41, 5.74) is 2.93. The van der Waals surface area contributed by atoms with Gasteiger partial charge in [0.2, 0.25) is 5.91 Å². The minimum Gasteiger partial charge on any atom is -0.491 e. The van der Waals surface area contributed by atoms with Crippen molar-refractivity contribution in [3.05, 3.63) is 59.7 Å². The van der Waals surface area contributed by atoms with Crippen molar-refractivity contribution in [1.29, 1.82) is 0 Å². The highest BCUT2D eigenvalue weighted by molar-refractivity contribution is 6.00. The van der Waals surface area contributed by atoms with E-state index < -0.39 is 0 Å². The number of carbonyl (C=O) groups excluding carboxylic acids is 1. The molecule has 4 rings (SSSR count). The molecule has 0 atom stereocenters. The van der Waals surface area contributed by atoms with Crippen LogP contribution in [0.25, 0.3) is 6.08 Å². The van der Waals surface area contributed by atoms with Gasteiger partial charge in [-0.05, 0) is 29.8 Å². The van der Waals surface area contributed by atoms with Gasteiger partial charge < -0.3 is 9.64 Å². The maximum Gasteiger partial charge on any atom is 0.250 e. The summed E-state index contributed by atoms with van der Waals surface area (Å²) < 4.78 is 5.70. The third-order valence-corrected chi connectivity index (χ3v) is 4.86. The highest BCUT2D eigenvalue weighted by Gasteiger charge is 2.26. The lowest BCUT2D eigenvalue weighted by Gasteiger charge is -2.34. The molecule has 0 radical (unpaired) electrons. The Morgan fingerprint density at radius 1 is 1.12 bits per heavy atom. The first-order valence-corrected chi connectivity index (χ1v) is 8.98. The summed E-state index contributed by atoms with van der Waals surface area (Å²) in [5.74, 6) is 0.942. The van der Waals surface area contributed by atoms with E-state index in [0.717, 1.165) is 55.3 Å². The monoisotopic (exact) mass is 350 g/mol. The SMILES string of the molecule is O=C(C1=Cc2cccnc2C1)N1CCN(CCOc2cccnc2)CC1. The van der Waals surface area contributed by atoms with E-state index in [9.17, 15) is 4.79 Å². The van der Waals surface area contributed by atoms with Crippen molar-refractivity contribution in [2.24, 2.45) is 0 Å². The third-order valence-electron chi connectivity index (χ3n) is 4.86. The predicted molar refractivity (Wildman–Crippen MR) is 98.7 cm³/mol. The molecule has 1 aliphatic carbocycles. The minimum atomic E-state index is 0.147. The Kier molecular flexibility index (Phi) is 4.93. The Hall–Kier alpha value is -2.73. The Balaban J connectivity index is 1.23. The van der Waals surface area contributed by atoms with E-state index in [2.05, 4.69) is 14.9 Å². The highest BCUT2D eigenvalue weighted by Crippen LogP contribution is 2.24. The largest absolute Gasteiger partial charge is 0.491 e. The van der Waals surface area contributed by atoms with Crippen LogP contribution in [-0.2, 0) is 11.2 Å². The van der Waals surface area contributed by atoms with E-state index >= 15 is 0 Å². The van der Waals surface area contributed by atoms with Crippen LogP contribution in [0.1, 0.15) is 11.3 Å². The van der Waals surface area contributed by atoms with Crippen molar-refractivity contribution in [3.63, 3.8) is 0 Å². The van der Waals surface area contributed by atoms with Gasteiger partial charge in [-0.1, -0.05) is 6.07 Å². The summed E-state index contributed by atoms with van der Waals surface area (Å²) in [6.45, 7) is 4.75. The van der Waals surface area contributed by atoms with Crippen molar-refractivity contribution >= 4 is 12.0 Å². The first kappa shape index (κ1) is 16.7. The number of piperazine rings is 1. The normalized spacial score (nSPS) is 16.9. The predicted octanol–water partition coefficient (Wildman–Crippen LogP) is 1.64. The van der Waals surface area contributed by atoms with Gasteiger partial charge in [0.05, 0.1) is 11.9 Å². The number of nitrogens with zero attached hydrogens (tertiary/aromatic N) is 4. The molecule has 134 valence electrons. The number of carbonyl (C=O) groups is 1. The average Bonchev–Trinajstić information content (AvgIpc) is 3.13. The van der Waals surface area contributed by atoms with Gasteiger partial charge in [-0.25, -0.2) is 0 Å². The fourth-order valence-electron chi connectivity index (χ4n) is 3.39. The standard InChI is InChI=1S/C20H22N4O2/c25-20(17-13-16-3-1-6-22-19(16)14-17)24-9-7-23(8-10-24)11-12-26-18-4-2-5-21-15-18/h1-6,13,15H,7-12,14H2.